The van der Waals surface area contributed by atoms with Crippen LogP contribution in [0.5, 0.6) is 0 Å². The van der Waals surface area contributed by atoms with E-state index in [0.29, 0.717) is 5.56 Å². The van der Waals surface area contributed by atoms with Crippen molar-refractivity contribution in [1.29, 1.82) is 0 Å². The molecule has 146 valence electrons. The zero-order valence-electron chi connectivity index (χ0n) is 16.6. The number of amides is 1. The topological polar surface area (TPSA) is 54.4 Å². The van der Waals surface area contributed by atoms with Gasteiger partial charge in [-0.3, -0.25) is 4.79 Å². The molecule has 3 aromatic carbocycles. The number of carbonyl (C=O) groups is 1. The number of benzene rings is 3. The summed E-state index contributed by atoms with van der Waals surface area (Å²) >= 11 is 0. The highest BCUT2D eigenvalue weighted by Gasteiger charge is 2.13. The number of nitrogens with zero attached hydrogens (tertiary/aromatic N) is 2. The molecule has 4 nitrogen and oxygen atoms in total. The quantitative estimate of drug-likeness (QED) is 0.349. The molecule has 0 unspecified atom stereocenters. The molecule has 0 aliphatic carbocycles. The third kappa shape index (κ3) is 4.50. The molecule has 0 aliphatic heterocycles. The summed E-state index contributed by atoms with van der Waals surface area (Å²) in [6.45, 7) is 1.94. The minimum absolute atomic E-state index is 0.269. The number of hydrazone groups is 1. The Kier molecular flexibility index (Phi) is 5.76. The molecule has 0 fully saturated rings. The molecule has 4 aromatic rings. The number of fused-ring (bicyclic) bond motifs is 1. The van der Waals surface area contributed by atoms with E-state index in [4.69, 9.17) is 4.98 Å². The number of rotatable bonds is 5. The van der Waals surface area contributed by atoms with Crippen LogP contribution in [0.2, 0.25) is 0 Å². The van der Waals surface area contributed by atoms with Crippen molar-refractivity contribution in [2.24, 2.45) is 5.10 Å². The number of pyridine rings is 1. The molecule has 1 aromatic heterocycles. The molecule has 0 saturated carbocycles. The molecule has 4 heteroatoms. The van der Waals surface area contributed by atoms with Crippen molar-refractivity contribution < 1.29 is 4.79 Å². The second-order valence-corrected chi connectivity index (χ2v) is 6.94. The summed E-state index contributed by atoms with van der Waals surface area (Å²) in [5.41, 5.74) is 7.70. The van der Waals surface area contributed by atoms with Gasteiger partial charge in [0.1, 0.15) is 0 Å². The van der Waals surface area contributed by atoms with E-state index in [1.165, 1.54) is 0 Å². The van der Waals surface area contributed by atoms with Crippen LogP contribution in [-0.4, -0.2) is 17.1 Å². The number of para-hydroxylation sites is 1. The molecule has 0 saturated heterocycles. The Bertz CT molecular complexity index is 1230. The third-order valence-corrected chi connectivity index (χ3v) is 4.66. The first kappa shape index (κ1) is 19.3. The molecule has 30 heavy (non-hydrogen) atoms. The second kappa shape index (κ2) is 8.97. The lowest BCUT2D eigenvalue weighted by Gasteiger charge is -2.09. The summed E-state index contributed by atoms with van der Waals surface area (Å²) in [7, 11) is 0. The fourth-order valence-electron chi connectivity index (χ4n) is 3.22. The number of aromatic nitrogens is 1. The van der Waals surface area contributed by atoms with Crippen molar-refractivity contribution in [2.45, 2.75) is 6.92 Å². The fraction of sp³-hybridized carbons (Fsp3) is 0.0385. The van der Waals surface area contributed by atoms with E-state index in [9.17, 15) is 4.79 Å². The van der Waals surface area contributed by atoms with E-state index in [2.05, 4.69) is 10.5 Å². The van der Waals surface area contributed by atoms with E-state index in [0.717, 1.165) is 33.3 Å². The predicted octanol–water partition coefficient (Wildman–Crippen LogP) is 5.72. The van der Waals surface area contributed by atoms with Crippen LogP contribution in [0.15, 0.2) is 102 Å². The van der Waals surface area contributed by atoms with Crippen LogP contribution in [-0.2, 0) is 0 Å². The fourth-order valence-corrected chi connectivity index (χ4v) is 3.22. The molecule has 1 amide bonds. The van der Waals surface area contributed by atoms with Crippen molar-refractivity contribution in [2.75, 3.05) is 0 Å². The number of carbonyl (C=O) groups excluding carboxylic acids is 1. The molecule has 1 N–H and O–H groups in total. The molecule has 0 bridgehead atoms. The minimum atomic E-state index is -0.269. The smallest absolute Gasteiger partial charge is 0.267 e. The minimum Gasteiger partial charge on any atom is -0.267 e. The Morgan fingerprint density at radius 1 is 0.900 bits per heavy atom. The number of hydrogen-bond donors (Lipinski definition) is 1. The Hall–Kier alpha value is -4.05. The highest BCUT2D eigenvalue weighted by Crippen LogP contribution is 2.24. The Balaban J connectivity index is 1.60. The van der Waals surface area contributed by atoms with Crippen molar-refractivity contribution in [3.8, 4) is 11.3 Å². The van der Waals surface area contributed by atoms with Crippen molar-refractivity contribution in [1.82, 2.24) is 10.4 Å². The number of nitrogens with one attached hydrogen (secondary N) is 1. The van der Waals surface area contributed by atoms with Gasteiger partial charge >= 0.3 is 0 Å². The average molecular weight is 391 g/mol. The van der Waals surface area contributed by atoms with E-state index < -0.39 is 0 Å². The highest BCUT2D eigenvalue weighted by molar-refractivity contribution is 6.07. The van der Waals surface area contributed by atoms with E-state index in [-0.39, 0.29) is 5.91 Å². The summed E-state index contributed by atoms with van der Waals surface area (Å²) < 4.78 is 0. The van der Waals surface area contributed by atoms with Crippen LogP contribution >= 0.6 is 0 Å². The van der Waals surface area contributed by atoms with E-state index in [1.807, 2.05) is 104 Å². The van der Waals surface area contributed by atoms with Gasteiger partial charge in [-0.2, -0.15) is 5.10 Å². The van der Waals surface area contributed by atoms with Gasteiger partial charge in [0.05, 0.1) is 23.0 Å². The van der Waals surface area contributed by atoms with Crippen molar-refractivity contribution >= 4 is 29.1 Å². The van der Waals surface area contributed by atoms with Gasteiger partial charge in [-0.05, 0) is 30.2 Å². The van der Waals surface area contributed by atoms with Crippen LogP contribution in [0.4, 0.5) is 0 Å². The van der Waals surface area contributed by atoms with Crippen LogP contribution in [0.1, 0.15) is 22.8 Å². The number of hydrogen-bond acceptors (Lipinski definition) is 3. The third-order valence-electron chi connectivity index (χ3n) is 4.66. The molecular formula is C26H21N3O. The van der Waals surface area contributed by atoms with Crippen molar-refractivity contribution in [3.63, 3.8) is 0 Å². The Morgan fingerprint density at radius 3 is 2.33 bits per heavy atom. The lowest BCUT2D eigenvalue weighted by molar-refractivity contribution is 0.0956. The van der Waals surface area contributed by atoms with Gasteiger partial charge in [0.2, 0.25) is 0 Å². The van der Waals surface area contributed by atoms with Crippen LogP contribution < -0.4 is 5.43 Å². The van der Waals surface area contributed by atoms with E-state index >= 15 is 0 Å². The predicted molar refractivity (Wildman–Crippen MR) is 123 cm³/mol. The molecule has 0 atom stereocenters. The molecular weight excluding hydrogens is 370 g/mol. The standard InChI is InChI=1S/C26H21N3O/c1-19(16-20-10-4-2-5-11-20)18-27-29-26(30)23-17-25(21-12-6-3-7-13-21)28-24-15-9-8-14-22(23)24/h2-18H,1H3,(H,29,30)/b19-16+,27-18+. The molecule has 0 radical (unpaired) electrons. The van der Waals surface area contributed by atoms with Crippen LogP contribution in [0.3, 0.4) is 0 Å². The van der Waals surface area contributed by atoms with Crippen LogP contribution in [0.25, 0.3) is 28.2 Å². The summed E-state index contributed by atoms with van der Waals surface area (Å²) in [6, 6.07) is 29.3. The maximum Gasteiger partial charge on any atom is 0.272 e. The first-order valence-corrected chi connectivity index (χ1v) is 9.73. The second-order valence-electron chi connectivity index (χ2n) is 6.94. The summed E-state index contributed by atoms with van der Waals surface area (Å²) in [4.78, 5) is 17.6. The van der Waals surface area contributed by atoms with E-state index in [1.54, 1.807) is 6.21 Å². The molecule has 1 heterocycles. The Morgan fingerprint density at radius 2 is 1.57 bits per heavy atom. The summed E-state index contributed by atoms with van der Waals surface area (Å²) in [5, 5.41) is 4.93. The zero-order valence-corrected chi connectivity index (χ0v) is 16.6. The maximum absolute atomic E-state index is 12.9. The first-order valence-electron chi connectivity index (χ1n) is 9.73. The average Bonchev–Trinajstić information content (AvgIpc) is 2.79. The monoisotopic (exact) mass is 391 g/mol. The van der Waals surface area contributed by atoms with Gasteiger partial charge < -0.3 is 0 Å². The van der Waals surface area contributed by atoms with Gasteiger partial charge in [0, 0.05) is 10.9 Å². The van der Waals surface area contributed by atoms with Gasteiger partial charge in [0.25, 0.3) is 5.91 Å². The van der Waals surface area contributed by atoms with Gasteiger partial charge in [-0.25, -0.2) is 10.4 Å². The SMILES string of the molecule is CC(/C=N/NC(=O)c1cc(-c2ccccc2)nc2ccccc12)=C\c1ccccc1. The normalized spacial score (nSPS) is 11.7. The Labute approximate surface area is 175 Å². The summed E-state index contributed by atoms with van der Waals surface area (Å²) in [6.07, 6.45) is 3.65. The van der Waals surface area contributed by atoms with Gasteiger partial charge in [-0.1, -0.05) is 84.9 Å². The van der Waals surface area contributed by atoms with Gasteiger partial charge in [0.15, 0.2) is 0 Å². The van der Waals surface area contributed by atoms with Crippen LogP contribution in [0, 0.1) is 0 Å². The summed E-state index contributed by atoms with van der Waals surface area (Å²) in [5.74, 6) is -0.269. The first-order chi connectivity index (χ1) is 14.7. The lowest BCUT2D eigenvalue weighted by atomic mass is 10.0. The molecule has 0 spiro atoms. The largest absolute Gasteiger partial charge is 0.272 e. The molecule has 4 rings (SSSR count). The van der Waals surface area contributed by atoms with Crippen molar-refractivity contribution in [3.05, 3.63) is 108 Å². The maximum atomic E-state index is 12.9. The number of allylic oxidation sites excluding steroid dienone is 1. The lowest BCUT2D eigenvalue weighted by Crippen LogP contribution is -2.18. The molecule has 0 aliphatic rings. The highest BCUT2D eigenvalue weighted by atomic mass is 16.2. The zero-order chi connectivity index (χ0) is 20.8. The van der Waals surface area contributed by atoms with Gasteiger partial charge in [-0.15, -0.1) is 0 Å².